The van der Waals surface area contributed by atoms with Crippen molar-refractivity contribution in [3.8, 4) is 0 Å². The van der Waals surface area contributed by atoms with Gasteiger partial charge in [-0.05, 0) is 55.5 Å². The van der Waals surface area contributed by atoms with Crippen molar-refractivity contribution < 1.29 is 17.7 Å². The first-order valence-corrected chi connectivity index (χ1v) is 12.2. The SMILES string of the molecule is Cc1noc(/C=C/c2cccs2)c1S(=O)(=O)N1CCCC(C(=O)Nc2ccncc2)C1. The van der Waals surface area contributed by atoms with Gasteiger partial charge in [-0.3, -0.25) is 9.78 Å². The molecule has 1 atom stereocenters. The highest BCUT2D eigenvalue weighted by Crippen LogP contribution is 2.30. The Balaban J connectivity index is 1.53. The van der Waals surface area contributed by atoms with Gasteiger partial charge in [0.1, 0.15) is 5.69 Å². The Bertz CT molecular complexity index is 1170. The number of anilines is 1. The fourth-order valence-corrected chi connectivity index (χ4v) is 5.92. The number of hydrogen-bond acceptors (Lipinski definition) is 7. The molecule has 1 aliphatic heterocycles. The van der Waals surface area contributed by atoms with Gasteiger partial charge < -0.3 is 9.84 Å². The molecule has 10 heteroatoms. The van der Waals surface area contributed by atoms with E-state index in [4.69, 9.17) is 4.52 Å². The Morgan fingerprint density at radius 2 is 2.10 bits per heavy atom. The lowest BCUT2D eigenvalue weighted by Crippen LogP contribution is -2.43. The summed E-state index contributed by atoms with van der Waals surface area (Å²) in [6.45, 7) is 2.06. The smallest absolute Gasteiger partial charge is 0.248 e. The van der Waals surface area contributed by atoms with Gasteiger partial charge in [0, 0.05) is 36.0 Å². The van der Waals surface area contributed by atoms with Gasteiger partial charge in [0.15, 0.2) is 10.7 Å². The first kappa shape index (κ1) is 21.4. The van der Waals surface area contributed by atoms with Crippen molar-refractivity contribution in [3.05, 3.63) is 58.4 Å². The van der Waals surface area contributed by atoms with E-state index >= 15 is 0 Å². The lowest BCUT2D eigenvalue weighted by atomic mass is 9.99. The number of nitrogens with one attached hydrogen (secondary N) is 1. The molecule has 8 nitrogen and oxygen atoms in total. The highest BCUT2D eigenvalue weighted by molar-refractivity contribution is 7.89. The van der Waals surface area contributed by atoms with Crippen molar-refractivity contribution >= 4 is 45.1 Å². The Morgan fingerprint density at radius 1 is 1.29 bits per heavy atom. The van der Waals surface area contributed by atoms with Crippen molar-refractivity contribution in [1.82, 2.24) is 14.4 Å². The van der Waals surface area contributed by atoms with Gasteiger partial charge >= 0.3 is 0 Å². The van der Waals surface area contributed by atoms with E-state index in [1.165, 1.54) is 15.6 Å². The number of nitrogens with zero attached hydrogens (tertiary/aromatic N) is 3. The number of hydrogen-bond donors (Lipinski definition) is 1. The minimum Gasteiger partial charge on any atom is -0.355 e. The van der Waals surface area contributed by atoms with Crippen LogP contribution in [-0.2, 0) is 14.8 Å². The molecule has 0 bridgehead atoms. The van der Waals surface area contributed by atoms with Gasteiger partial charge in [-0.2, -0.15) is 4.31 Å². The lowest BCUT2D eigenvalue weighted by Gasteiger charge is -2.31. The molecule has 0 aliphatic carbocycles. The van der Waals surface area contributed by atoms with Gasteiger partial charge in [0.05, 0.1) is 5.92 Å². The molecule has 1 fully saturated rings. The Hall–Kier alpha value is -2.82. The summed E-state index contributed by atoms with van der Waals surface area (Å²) in [7, 11) is -3.87. The molecule has 0 aromatic carbocycles. The van der Waals surface area contributed by atoms with Gasteiger partial charge in [-0.15, -0.1) is 11.3 Å². The first-order valence-electron chi connectivity index (χ1n) is 9.84. The minimum atomic E-state index is -3.87. The zero-order chi connectivity index (χ0) is 21.8. The predicted octanol–water partition coefficient (Wildman–Crippen LogP) is 3.65. The number of aromatic nitrogens is 2. The molecule has 4 rings (SSSR count). The normalized spacial score (nSPS) is 17.8. The summed E-state index contributed by atoms with van der Waals surface area (Å²) < 4.78 is 33.5. The largest absolute Gasteiger partial charge is 0.355 e. The number of sulfonamides is 1. The molecule has 1 amide bonds. The Morgan fingerprint density at radius 3 is 2.84 bits per heavy atom. The fourth-order valence-electron chi connectivity index (χ4n) is 3.53. The summed E-state index contributed by atoms with van der Waals surface area (Å²) in [6, 6.07) is 7.23. The topological polar surface area (TPSA) is 105 Å². The Kier molecular flexibility index (Phi) is 6.30. The van der Waals surface area contributed by atoms with Gasteiger partial charge in [-0.25, -0.2) is 8.42 Å². The van der Waals surface area contributed by atoms with Crippen molar-refractivity contribution in [2.75, 3.05) is 18.4 Å². The van der Waals surface area contributed by atoms with Crippen LogP contribution in [0.5, 0.6) is 0 Å². The van der Waals surface area contributed by atoms with Crippen LogP contribution in [0.3, 0.4) is 0 Å². The fraction of sp³-hybridized carbons (Fsp3) is 0.286. The lowest BCUT2D eigenvalue weighted by molar-refractivity contribution is -0.120. The molecule has 1 saturated heterocycles. The van der Waals surface area contributed by atoms with E-state index in [0.717, 1.165) is 4.88 Å². The third-order valence-electron chi connectivity index (χ3n) is 5.08. The molecule has 3 aromatic rings. The van der Waals surface area contributed by atoms with Gasteiger partial charge in [0.25, 0.3) is 0 Å². The maximum atomic E-state index is 13.4. The second-order valence-electron chi connectivity index (χ2n) is 7.24. The van der Waals surface area contributed by atoms with Crippen molar-refractivity contribution in [2.24, 2.45) is 5.92 Å². The molecule has 4 heterocycles. The van der Waals surface area contributed by atoms with Crippen LogP contribution < -0.4 is 5.32 Å². The second kappa shape index (κ2) is 9.13. The van der Waals surface area contributed by atoms with Crippen molar-refractivity contribution in [1.29, 1.82) is 0 Å². The van der Waals surface area contributed by atoms with Gasteiger partial charge in [-0.1, -0.05) is 11.2 Å². The number of aryl methyl sites for hydroxylation is 1. The molecule has 162 valence electrons. The highest BCUT2D eigenvalue weighted by Gasteiger charge is 2.36. The maximum Gasteiger partial charge on any atom is 0.248 e. The van der Waals surface area contributed by atoms with Gasteiger partial charge in [0.2, 0.25) is 15.9 Å². The van der Waals surface area contributed by atoms with Crippen LogP contribution in [0.4, 0.5) is 5.69 Å². The first-order chi connectivity index (χ1) is 14.9. The van der Waals surface area contributed by atoms with Crippen LogP contribution in [0.1, 0.15) is 29.2 Å². The molecule has 0 radical (unpaired) electrons. The summed E-state index contributed by atoms with van der Waals surface area (Å²) in [5.74, 6) is -0.456. The summed E-state index contributed by atoms with van der Waals surface area (Å²) in [4.78, 5) is 17.7. The second-order valence-corrected chi connectivity index (χ2v) is 10.1. The highest BCUT2D eigenvalue weighted by atomic mass is 32.2. The Labute approximate surface area is 184 Å². The van der Waals surface area contributed by atoms with E-state index in [9.17, 15) is 13.2 Å². The maximum absolute atomic E-state index is 13.4. The van der Waals surface area contributed by atoms with E-state index in [2.05, 4.69) is 15.5 Å². The quantitative estimate of drug-likeness (QED) is 0.604. The molecular weight excluding hydrogens is 436 g/mol. The number of carbonyl (C=O) groups is 1. The summed E-state index contributed by atoms with van der Waals surface area (Å²) in [5.41, 5.74) is 0.935. The van der Waals surface area contributed by atoms with Crippen LogP contribution in [0.2, 0.25) is 0 Å². The summed E-state index contributed by atoms with van der Waals surface area (Å²) >= 11 is 1.54. The molecule has 0 spiro atoms. The zero-order valence-electron chi connectivity index (χ0n) is 16.9. The number of pyridine rings is 1. The number of rotatable bonds is 6. The minimum absolute atomic E-state index is 0.0514. The van der Waals surface area contributed by atoms with E-state index in [1.54, 1.807) is 43.6 Å². The number of piperidine rings is 1. The van der Waals surface area contributed by atoms with E-state index in [1.807, 2.05) is 17.5 Å². The van der Waals surface area contributed by atoms with Crippen molar-refractivity contribution in [2.45, 2.75) is 24.7 Å². The third-order valence-corrected chi connectivity index (χ3v) is 7.94. The average molecular weight is 459 g/mol. The predicted molar refractivity (Wildman–Crippen MR) is 119 cm³/mol. The summed E-state index contributed by atoms with van der Waals surface area (Å²) in [5, 5.41) is 8.65. The molecular formula is C21H22N4O4S2. The van der Waals surface area contributed by atoms with E-state index < -0.39 is 15.9 Å². The van der Waals surface area contributed by atoms with Crippen LogP contribution >= 0.6 is 11.3 Å². The number of amides is 1. The number of carbonyl (C=O) groups excluding carboxylic acids is 1. The van der Waals surface area contributed by atoms with E-state index in [0.29, 0.717) is 30.8 Å². The average Bonchev–Trinajstić information content (AvgIpc) is 3.42. The molecule has 1 unspecified atom stereocenters. The summed E-state index contributed by atoms with van der Waals surface area (Å²) in [6.07, 6.45) is 7.82. The number of thiophene rings is 1. The standard InChI is InChI=1S/C21H22N4O4S2/c1-15-20(19(29-24-15)7-6-18-5-3-13-30-18)31(27,28)25-12-2-4-16(14-25)21(26)23-17-8-10-22-11-9-17/h3,5-11,13,16H,2,4,12,14H2,1H3,(H,22,23,26)/b7-6+. The van der Waals surface area contributed by atoms with Crippen LogP contribution in [0, 0.1) is 12.8 Å². The molecule has 0 saturated carbocycles. The molecule has 3 aromatic heterocycles. The van der Waals surface area contributed by atoms with E-state index in [-0.39, 0.29) is 23.1 Å². The van der Waals surface area contributed by atoms with Crippen LogP contribution in [0.25, 0.3) is 12.2 Å². The monoisotopic (exact) mass is 458 g/mol. The molecule has 1 N–H and O–H groups in total. The molecule has 1 aliphatic rings. The van der Waals surface area contributed by atoms with Crippen molar-refractivity contribution in [3.63, 3.8) is 0 Å². The molecule has 31 heavy (non-hydrogen) atoms. The zero-order valence-corrected chi connectivity index (χ0v) is 18.5. The van der Waals surface area contributed by atoms with Crippen LogP contribution in [-0.4, -0.2) is 41.9 Å². The van der Waals surface area contributed by atoms with Crippen LogP contribution in [0.15, 0.2) is 51.5 Å². The third kappa shape index (κ3) is 4.76.